The highest BCUT2D eigenvalue weighted by Gasteiger charge is 2.02. The molecule has 0 saturated heterocycles. The van der Waals surface area contributed by atoms with E-state index in [9.17, 15) is 0 Å². The zero-order valence-corrected chi connectivity index (χ0v) is 12.2. The van der Waals surface area contributed by atoms with Gasteiger partial charge in [-0.05, 0) is 24.6 Å². The van der Waals surface area contributed by atoms with Crippen molar-refractivity contribution >= 4 is 15.9 Å². The Balaban J connectivity index is 2.22. The Hall–Kier alpha value is -0.620. The summed E-state index contributed by atoms with van der Waals surface area (Å²) in [5, 5.41) is 0. The summed E-state index contributed by atoms with van der Waals surface area (Å²) in [6.45, 7) is 2.99. The molecular weight excluding hydrogens is 298 g/mol. The molecule has 0 aliphatic rings. The van der Waals surface area contributed by atoms with E-state index < -0.39 is 0 Å². The molecule has 0 spiro atoms. The Kier molecular flexibility index (Phi) is 8.00. The fraction of sp³-hybridized carbons (Fsp3) is 0.538. The van der Waals surface area contributed by atoms with Gasteiger partial charge in [-0.25, -0.2) is 0 Å². The summed E-state index contributed by atoms with van der Waals surface area (Å²) >= 11 is 3.41. The first kappa shape index (κ1) is 15.4. The fourth-order valence-electron chi connectivity index (χ4n) is 1.47. The molecule has 1 rings (SSSR count). The lowest BCUT2D eigenvalue weighted by Gasteiger charge is -2.11. The van der Waals surface area contributed by atoms with Crippen molar-refractivity contribution in [2.75, 3.05) is 33.5 Å². The predicted molar refractivity (Wildman–Crippen MR) is 74.8 cm³/mol. The Morgan fingerprint density at radius 2 is 2.00 bits per heavy atom. The minimum atomic E-state index is 0.462. The largest absolute Gasteiger partial charge is 0.491 e. The average molecular weight is 318 g/mol. The number of hydrogen-bond acceptors (Lipinski definition) is 4. The second kappa shape index (κ2) is 9.33. The second-order valence-corrected chi connectivity index (χ2v) is 4.68. The minimum absolute atomic E-state index is 0.462. The van der Waals surface area contributed by atoms with Gasteiger partial charge in [0.1, 0.15) is 12.4 Å². The summed E-state index contributed by atoms with van der Waals surface area (Å²) in [4.78, 5) is 0. The Bertz CT molecular complexity index is 347. The van der Waals surface area contributed by atoms with E-state index in [0.717, 1.165) is 28.8 Å². The number of nitrogens with two attached hydrogens (primary N) is 1. The lowest BCUT2D eigenvalue weighted by atomic mass is 10.2. The highest BCUT2D eigenvalue weighted by molar-refractivity contribution is 9.10. The van der Waals surface area contributed by atoms with Gasteiger partial charge in [0.05, 0.1) is 6.61 Å². The Morgan fingerprint density at radius 1 is 1.17 bits per heavy atom. The van der Waals surface area contributed by atoms with Crippen molar-refractivity contribution in [2.45, 2.75) is 13.0 Å². The maximum atomic E-state index is 5.66. The zero-order valence-electron chi connectivity index (χ0n) is 10.7. The maximum Gasteiger partial charge on any atom is 0.123 e. The van der Waals surface area contributed by atoms with Gasteiger partial charge in [-0.15, -0.1) is 0 Å². The number of benzene rings is 1. The Morgan fingerprint density at radius 3 is 2.72 bits per heavy atom. The topological polar surface area (TPSA) is 53.7 Å². The summed E-state index contributed by atoms with van der Waals surface area (Å²) in [6, 6.07) is 5.82. The van der Waals surface area contributed by atoms with E-state index in [2.05, 4.69) is 15.9 Å². The second-order valence-electron chi connectivity index (χ2n) is 3.76. The van der Waals surface area contributed by atoms with Crippen LogP contribution >= 0.6 is 15.9 Å². The van der Waals surface area contributed by atoms with Crippen LogP contribution in [0.1, 0.15) is 12.0 Å². The molecule has 0 aromatic heterocycles. The number of halogens is 1. The van der Waals surface area contributed by atoms with E-state index in [1.165, 1.54) is 0 Å². The van der Waals surface area contributed by atoms with Crippen molar-refractivity contribution < 1.29 is 14.2 Å². The van der Waals surface area contributed by atoms with Crippen LogP contribution in [0, 0.1) is 0 Å². The molecule has 0 radical (unpaired) electrons. The summed E-state index contributed by atoms with van der Waals surface area (Å²) in [7, 11) is 1.69. The molecule has 0 saturated carbocycles. The quantitative estimate of drug-likeness (QED) is 0.710. The molecule has 0 atom stereocenters. The molecule has 4 nitrogen and oxygen atoms in total. The summed E-state index contributed by atoms with van der Waals surface area (Å²) in [5.41, 5.74) is 6.65. The molecule has 0 bridgehead atoms. The maximum absolute atomic E-state index is 5.66. The first-order chi connectivity index (χ1) is 8.77. The highest BCUT2D eigenvalue weighted by Crippen LogP contribution is 2.22. The van der Waals surface area contributed by atoms with Crippen LogP contribution in [-0.4, -0.2) is 33.5 Å². The molecule has 18 heavy (non-hydrogen) atoms. The minimum Gasteiger partial charge on any atom is -0.491 e. The summed E-state index contributed by atoms with van der Waals surface area (Å²) < 4.78 is 17.0. The smallest absolute Gasteiger partial charge is 0.123 e. The standard InChI is InChI=1S/C13H20BrNO3/c1-16-5-2-6-17-7-8-18-13-4-3-12(14)9-11(13)10-15/h3-4,9H,2,5-8,10,15H2,1H3. The molecule has 0 heterocycles. The first-order valence-corrected chi connectivity index (χ1v) is 6.75. The Labute approximate surface area is 117 Å². The molecule has 0 amide bonds. The third-order valence-electron chi connectivity index (χ3n) is 2.36. The third kappa shape index (κ3) is 5.82. The number of ether oxygens (including phenoxy) is 3. The van der Waals surface area contributed by atoms with Crippen LogP contribution in [0.25, 0.3) is 0 Å². The lowest BCUT2D eigenvalue weighted by Crippen LogP contribution is -2.10. The normalized spacial score (nSPS) is 10.6. The van der Waals surface area contributed by atoms with Crippen molar-refractivity contribution in [3.8, 4) is 5.75 Å². The van der Waals surface area contributed by atoms with Gasteiger partial charge in [0.15, 0.2) is 0 Å². The van der Waals surface area contributed by atoms with Gasteiger partial charge in [-0.3, -0.25) is 0 Å². The van der Waals surface area contributed by atoms with E-state index in [-0.39, 0.29) is 0 Å². The van der Waals surface area contributed by atoms with Gasteiger partial charge >= 0.3 is 0 Å². The van der Waals surface area contributed by atoms with Crippen molar-refractivity contribution in [1.29, 1.82) is 0 Å². The van der Waals surface area contributed by atoms with Crippen molar-refractivity contribution in [3.63, 3.8) is 0 Å². The van der Waals surface area contributed by atoms with Gasteiger partial charge in [-0.2, -0.15) is 0 Å². The first-order valence-electron chi connectivity index (χ1n) is 5.96. The average Bonchev–Trinajstić information content (AvgIpc) is 2.39. The molecule has 0 aliphatic carbocycles. The van der Waals surface area contributed by atoms with Gasteiger partial charge in [0.2, 0.25) is 0 Å². The molecule has 1 aromatic carbocycles. The van der Waals surface area contributed by atoms with Crippen LogP contribution in [0.4, 0.5) is 0 Å². The number of hydrogen-bond donors (Lipinski definition) is 1. The number of rotatable bonds is 9. The molecule has 2 N–H and O–H groups in total. The zero-order chi connectivity index (χ0) is 13.2. The van der Waals surface area contributed by atoms with Crippen LogP contribution < -0.4 is 10.5 Å². The van der Waals surface area contributed by atoms with Crippen molar-refractivity contribution in [3.05, 3.63) is 28.2 Å². The van der Waals surface area contributed by atoms with Crippen molar-refractivity contribution in [1.82, 2.24) is 0 Å². The molecule has 0 fully saturated rings. The predicted octanol–water partition coefficient (Wildman–Crippen LogP) is 2.34. The molecule has 0 unspecified atom stereocenters. The fourth-order valence-corrected chi connectivity index (χ4v) is 1.87. The van der Waals surface area contributed by atoms with Gasteiger partial charge in [-0.1, -0.05) is 15.9 Å². The molecule has 1 aromatic rings. The van der Waals surface area contributed by atoms with Crippen LogP contribution in [0.5, 0.6) is 5.75 Å². The van der Waals surface area contributed by atoms with Gasteiger partial charge in [0, 0.05) is 36.9 Å². The van der Waals surface area contributed by atoms with Gasteiger partial charge in [0.25, 0.3) is 0 Å². The lowest BCUT2D eigenvalue weighted by molar-refractivity contribution is 0.0804. The van der Waals surface area contributed by atoms with E-state index >= 15 is 0 Å². The van der Waals surface area contributed by atoms with E-state index in [4.69, 9.17) is 19.9 Å². The van der Waals surface area contributed by atoms with E-state index in [1.807, 2.05) is 18.2 Å². The van der Waals surface area contributed by atoms with Crippen LogP contribution in [0.2, 0.25) is 0 Å². The third-order valence-corrected chi connectivity index (χ3v) is 2.86. The van der Waals surface area contributed by atoms with E-state index in [0.29, 0.717) is 26.4 Å². The van der Waals surface area contributed by atoms with Crippen LogP contribution in [0.3, 0.4) is 0 Å². The number of methoxy groups -OCH3 is 1. The molecule has 102 valence electrons. The molecule has 5 heteroatoms. The SMILES string of the molecule is COCCCOCCOc1ccc(Br)cc1CN. The highest BCUT2D eigenvalue weighted by atomic mass is 79.9. The molecular formula is C13H20BrNO3. The summed E-state index contributed by atoms with van der Waals surface area (Å²) in [5.74, 6) is 0.821. The van der Waals surface area contributed by atoms with Crippen LogP contribution in [-0.2, 0) is 16.0 Å². The van der Waals surface area contributed by atoms with E-state index in [1.54, 1.807) is 7.11 Å². The van der Waals surface area contributed by atoms with Gasteiger partial charge < -0.3 is 19.9 Å². The monoisotopic (exact) mass is 317 g/mol. The van der Waals surface area contributed by atoms with Crippen molar-refractivity contribution in [2.24, 2.45) is 5.73 Å². The van der Waals surface area contributed by atoms with Crippen LogP contribution in [0.15, 0.2) is 22.7 Å². The molecule has 0 aliphatic heterocycles. The summed E-state index contributed by atoms with van der Waals surface area (Å²) in [6.07, 6.45) is 0.906.